The number of urea groups is 1. The number of carbonyl (C=O) groups is 1. The van der Waals surface area contributed by atoms with Crippen molar-refractivity contribution in [3.8, 4) is 0 Å². The summed E-state index contributed by atoms with van der Waals surface area (Å²) in [5, 5.41) is 5.41. The second-order valence-electron chi connectivity index (χ2n) is 5.11. The highest BCUT2D eigenvalue weighted by atomic mass is 32.1. The summed E-state index contributed by atoms with van der Waals surface area (Å²) in [7, 11) is 0. The van der Waals surface area contributed by atoms with Crippen molar-refractivity contribution in [3.63, 3.8) is 0 Å². The minimum Gasteiger partial charge on any atom is -0.317 e. The predicted octanol–water partition coefficient (Wildman–Crippen LogP) is 3.69. The molecular formula is C15H18N4OS. The molecule has 1 atom stereocenters. The number of rotatable bonds is 2. The quantitative estimate of drug-likeness (QED) is 0.920. The molecule has 2 aromatic rings. The van der Waals surface area contributed by atoms with E-state index >= 15 is 0 Å². The number of thiazole rings is 1. The van der Waals surface area contributed by atoms with Crippen LogP contribution in [0.15, 0.2) is 36.1 Å². The smallest absolute Gasteiger partial charge is 0.317 e. The topological polar surface area (TPSA) is 58.1 Å². The van der Waals surface area contributed by atoms with E-state index in [0.29, 0.717) is 5.13 Å². The molecule has 1 saturated heterocycles. The van der Waals surface area contributed by atoms with Gasteiger partial charge >= 0.3 is 6.03 Å². The van der Waals surface area contributed by atoms with Crippen LogP contribution in [0, 0.1) is 0 Å². The minimum atomic E-state index is -0.0614. The Morgan fingerprint density at radius 1 is 1.24 bits per heavy atom. The zero-order chi connectivity index (χ0) is 14.5. The van der Waals surface area contributed by atoms with Crippen molar-refractivity contribution >= 4 is 22.5 Å². The first-order valence-electron chi connectivity index (χ1n) is 7.21. The predicted molar refractivity (Wildman–Crippen MR) is 83.3 cm³/mol. The van der Waals surface area contributed by atoms with Gasteiger partial charge in [0.15, 0.2) is 5.13 Å². The van der Waals surface area contributed by atoms with Gasteiger partial charge in [0.05, 0.1) is 6.04 Å². The number of nitrogens with zero attached hydrogens (tertiary/aromatic N) is 3. The fourth-order valence-corrected chi connectivity index (χ4v) is 3.25. The number of amides is 2. The molecule has 1 N–H and O–H groups in total. The van der Waals surface area contributed by atoms with E-state index in [1.165, 1.54) is 17.8 Å². The number of carbonyl (C=O) groups excluding carboxylic acids is 1. The van der Waals surface area contributed by atoms with E-state index in [-0.39, 0.29) is 12.1 Å². The Balaban J connectivity index is 1.80. The third-order valence-electron chi connectivity index (χ3n) is 3.75. The summed E-state index contributed by atoms with van der Waals surface area (Å²) in [5.41, 5.74) is 1.15. The van der Waals surface area contributed by atoms with E-state index in [1.807, 2.05) is 22.4 Å². The molecule has 21 heavy (non-hydrogen) atoms. The highest BCUT2D eigenvalue weighted by Crippen LogP contribution is 2.30. The molecule has 0 bridgehead atoms. The van der Waals surface area contributed by atoms with Gasteiger partial charge in [-0.3, -0.25) is 10.3 Å². The largest absolute Gasteiger partial charge is 0.324 e. The lowest BCUT2D eigenvalue weighted by molar-refractivity contribution is 0.189. The first-order valence-corrected chi connectivity index (χ1v) is 8.09. The number of anilines is 1. The summed E-state index contributed by atoms with van der Waals surface area (Å²) in [6.07, 6.45) is 9.64. The van der Waals surface area contributed by atoms with Gasteiger partial charge in [-0.05, 0) is 30.5 Å². The van der Waals surface area contributed by atoms with Crippen molar-refractivity contribution in [2.75, 3.05) is 11.9 Å². The molecule has 110 valence electrons. The third-order valence-corrected chi connectivity index (χ3v) is 4.44. The summed E-state index contributed by atoms with van der Waals surface area (Å²) in [6.45, 7) is 0.782. The molecule has 0 spiro atoms. The lowest BCUT2D eigenvalue weighted by atomic mass is 10.0. The van der Waals surface area contributed by atoms with Crippen LogP contribution in [-0.2, 0) is 0 Å². The van der Waals surface area contributed by atoms with E-state index in [1.54, 1.807) is 18.6 Å². The van der Waals surface area contributed by atoms with Crippen molar-refractivity contribution in [1.82, 2.24) is 14.9 Å². The molecular weight excluding hydrogens is 284 g/mol. The number of aromatic nitrogens is 2. The summed E-state index contributed by atoms with van der Waals surface area (Å²) in [5.74, 6) is 0. The Morgan fingerprint density at radius 2 is 2.10 bits per heavy atom. The van der Waals surface area contributed by atoms with E-state index in [9.17, 15) is 4.79 Å². The fraction of sp³-hybridized carbons (Fsp3) is 0.400. The van der Waals surface area contributed by atoms with Crippen LogP contribution in [0.25, 0.3) is 0 Å². The van der Waals surface area contributed by atoms with Gasteiger partial charge < -0.3 is 4.90 Å². The zero-order valence-electron chi connectivity index (χ0n) is 11.7. The second kappa shape index (κ2) is 6.67. The molecule has 2 aromatic heterocycles. The molecule has 1 fully saturated rings. The van der Waals surface area contributed by atoms with Crippen molar-refractivity contribution < 1.29 is 4.79 Å². The highest BCUT2D eigenvalue weighted by Gasteiger charge is 2.27. The SMILES string of the molecule is O=C(Nc1nccs1)N1CCCCCC1c1ccncc1. The number of hydrogen-bond acceptors (Lipinski definition) is 4. The monoisotopic (exact) mass is 302 g/mol. The Bertz CT molecular complexity index is 573. The van der Waals surface area contributed by atoms with Crippen LogP contribution in [0.3, 0.4) is 0 Å². The number of pyridine rings is 1. The van der Waals surface area contributed by atoms with Crippen LogP contribution < -0.4 is 5.32 Å². The average molecular weight is 302 g/mol. The summed E-state index contributed by atoms with van der Waals surface area (Å²) in [4.78, 5) is 22.7. The average Bonchev–Trinajstić information content (AvgIpc) is 2.89. The van der Waals surface area contributed by atoms with Gasteiger partial charge in [0, 0.05) is 30.5 Å². The van der Waals surface area contributed by atoms with Gasteiger partial charge in [-0.2, -0.15) is 0 Å². The van der Waals surface area contributed by atoms with E-state index in [0.717, 1.165) is 31.4 Å². The molecule has 0 radical (unpaired) electrons. The molecule has 2 amide bonds. The van der Waals surface area contributed by atoms with Gasteiger partial charge in [0.25, 0.3) is 0 Å². The number of hydrogen-bond donors (Lipinski definition) is 1. The number of nitrogens with one attached hydrogen (secondary N) is 1. The van der Waals surface area contributed by atoms with E-state index in [4.69, 9.17) is 0 Å². The molecule has 5 nitrogen and oxygen atoms in total. The Kier molecular flexibility index (Phi) is 4.45. The van der Waals surface area contributed by atoms with Crippen LogP contribution in [0.5, 0.6) is 0 Å². The molecule has 0 aliphatic carbocycles. The van der Waals surface area contributed by atoms with Crippen molar-refractivity contribution in [2.45, 2.75) is 31.7 Å². The summed E-state index contributed by atoms with van der Waals surface area (Å²) in [6, 6.07) is 4.06. The molecule has 0 saturated carbocycles. The minimum absolute atomic E-state index is 0.0614. The van der Waals surface area contributed by atoms with Crippen LogP contribution >= 0.6 is 11.3 Å². The van der Waals surface area contributed by atoms with Gasteiger partial charge in [0.2, 0.25) is 0 Å². The van der Waals surface area contributed by atoms with Crippen LogP contribution in [0.2, 0.25) is 0 Å². The van der Waals surface area contributed by atoms with Gasteiger partial charge in [-0.15, -0.1) is 11.3 Å². The number of likely N-dealkylation sites (tertiary alicyclic amines) is 1. The van der Waals surface area contributed by atoms with Crippen molar-refractivity contribution in [2.24, 2.45) is 0 Å². The molecule has 3 rings (SSSR count). The highest BCUT2D eigenvalue weighted by molar-refractivity contribution is 7.13. The Labute approximate surface area is 128 Å². The van der Waals surface area contributed by atoms with E-state index in [2.05, 4.69) is 15.3 Å². The van der Waals surface area contributed by atoms with Gasteiger partial charge in [0.1, 0.15) is 0 Å². The van der Waals surface area contributed by atoms with Crippen LogP contribution in [-0.4, -0.2) is 27.4 Å². The maximum atomic E-state index is 12.6. The Hall–Kier alpha value is -1.95. The second-order valence-corrected chi connectivity index (χ2v) is 6.00. The fourth-order valence-electron chi connectivity index (χ4n) is 2.73. The van der Waals surface area contributed by atoms with Crippen LogP contribution in [0.4, 0.5) is 9.93 Å². The van der Waals surface area contributed by atoms with Gasteiger partial charge in [-0.25, -0.2) is 9.78 Å². The lowest BCUT2D eigenvalue weighted by Gasteiger charge is -2.30. The standard InChI is InChI=1S/C15H18N4OS/c20-15(18-14-17-9-11-21-14)19-10-3-1-2-4-13(19)12-5-7-16-8-6-12/h5-9,11,13H,1-4,10H2,(H,17,18,20). The molecule has 6 heteroatoms. The molecule has 3 heterocycles. The Morgan fingerprint density at radius 3 is 2.86 bits per heavy atom. The summed E-state index contributed by atoms with van der Waals surface area (Å²) < 4.78 is 0. The molecule has 1 unspecified atom stereocenters. The molecule has 0 aromatic carbocycles. The van der Waals surface area contributed by atoms with Crippen LogP contribution in [0.1, 0.15) is 37.3 Å². The maximum Gasteiger partial charge on any atom is 0.324 e. The summed E-state index contributed by atoms with van der Waals surface area (Å²) >= 11 is 1.44. The first kappa shape index (κ1) is 14.0. The van der Waals surface area contributed by atoms with Crippen molar-refractivity contribution in [3.05, 3.63) is 41.7 Å². The van der Waals surface area contributed by atoms with E-state index < -0.39 is 0 Å². The first-order chi connectivity index (χ1) is 10.3. The molecule has 1 aliphatic rings. The lowest BCUT2D eigenvalue weighted by Crippen LogP contribution is -2.38. The van der Waals surface area contributed by atoms with Crippen molar-refractivity contribution in [1.29, 1.82) is 0 Å². The normalized spacial score (nSPS) is 19.0. The maximum absolute atomic E-state index is 12.6. The third kappa shape index (κ3) is 3.39. The van der Waals surface area contributed by atoms with Gasteiger partial charge in [-0.1, -0.05) is 12.8 Å². The molecule has 1 aliphatic heterocycles. The zero-order valence-corrected chi connectivity index (χ0v) is 12.6.